The van der Waals surface area contributed by atoms with Gasteiger partial charge in [0.2, 0.25) is 5.88 Å². The molecular formula is C27H23BrN2O4. The van der Waals surface area contributed by atoms with Gasteiger partial charge in [-0.25, -0.2) is 4.79 Å². The lowest BCUT2D eigenvalue weighted by Gasteiger charge is -2.27. The van der Waals surface area contributed by atoms with Crippen molar-refractivity contribution in [3.05, 3.63) is 99.3 Å². The SMILES string of the molecule is CCc1ccc(OC(C)C(=O)Oc2ccc3c(c2)OC(N)=C(C#N)C3c2ccccc2Br)cc1. The van der Waals surface area contributed by atoms with Crippen molar-refractivity contribution >= 4 is 21.9 Å². The van der Waals surface area contributed by atoms with Crippen molar-refractivity contribution < 1.29 is 19.0 Å². The molecule has 2 N–H and O–H groups in total. The summed E-state index contributed by atoms with van der Waals surface area (Å²) in [6.07, 6.45) is 0.114. The molecule has 1 heterocycles. The van der Waals surface area contributed by atoms with E-state index in [9.17, 15) is 10.1 Å². The molecule has 0 spiro atoms. The van der Waals surface area contributed by atoms with Crippen LogP contribution in [0.25, 0.3) is 0 Å². The molecule has 0 saturated heterocycles. The van der Waals surface area contributed by atoms with Gasteiger partial charge in [0, 0.05) is 16.1 Å². The topological polar surface area (TPSA) is 94.6 Å². The van der Waals surface area contributed by atoms with Gasteiger partial charge in [0.05, 0.1) is 5.92 Å². The van der Waals surface area contributed by atoms with E-state index in [1.54, 1.807) is 25.1 Å². The number of esters is 1. The molecule has 1 aliphatic rings. The number of nitriles is 1. The Balaban J connectivity index is 1.55. The molecule has 0 amide bonds. The first-order valence-electron chi connectivity index (χ1n) is 10.8. The number of halogens is 1. The number of aryl methyl sites for hydroxylation is 1. The van der Waals surface area contributed by atoms with Crippen LogP contribution in [0.1, 0.15) is 36.5 Å². The van der Waals surface area contributed by atoms with Gasteiger partial charge < -0.3 is 19.9 Å². The average molecular weight is 519 g/mol. The lowest BCUT2D eigenvalue weighted by molar-refractivity contribution is -0.141. The van der Waals surface area contributed by atoms with Crippen molar-refractivity contribution in [3.63, 3.8) is 0 Å². The van der Waals surface area contributed by atoms with E-state index in [1.165, 1.54) is 5.56 Å². The lowest BCUT2D eigenvalue weighted by atomic mass is 9.83. The monoisotopic (exact) mass is 518 g/mol. The van der Waals surface area contributed by atoms with Crippen molar-refractivity contribution in [2.75, 3.05) is 0 Å². The van der Waals surface area contributed by atoms with E-state index in [0.717, 1.165) is 22.0 Å². The molecule has 0 aromatic heterocycles. The van der Waals surface area contributed by atoms with E-state index in [1.807, 2.05) is 48.5 Å². The summed E-state index contributed by atoms with van der Waals surface area (Å²) in [5.41, 5.74) is 9.22. The number of carbonyl (C=O) groups excluding carboxylic acids is 1. The Morgan fingerprint density at radius 1 is 1.12 bits per heavy atom. The highest BCUT2D eigenvalue weighted by molar-refractivity contribution is 9.10. The minimum Gasteiger partial charge on any atom is -0.479 e. The van der Waals surface area contributed by atoms with Crippen LogP contribution in [0.5, 0.6) is 17.2 Å². The molecule has 7 heteroatoms. The van der Waals surface area contributed by atoms with Crippen LogP contribution >= 0.6 is 15.9 Å². The lowest BCUT2D eigenvalue weighted by Crippen LogP contribution is -2.28. The molecule has 0 radical (unpaired) electrons. The Morgan fingerprint density at radius 3 is 2.50 bits per heavy atom. The molecule has 34 heavy (non-hydrogen) atoms. The summed E-state index contributed by atoms with van der Waals surface area (Å²) in [5, 5.41) is 9.73. The maximum atomic E-state index is 12.6. The van der Waals surface area contributed by atoms with Crippen LogP contribution in [0.3, 0.4) is 0 Å². The number of nitrogens with two attached hydrogens (primary N) is 1. The van der Waals surface area contributed by atoms with Gasteiger partial charge in [-0.05, 0) is 48.7 Å². The zero-order chi connectivity index (χ0) is 24.2. The minimum absolute atomic E-state index is 0.0199. The van der Waals surface area contributed by atoms with Crippen molar-refractivity contribution in [2.24, 2.45) is 5.73 Å². The summed E-state index contributed by atoms with van der Waals surface area (Å²) >= 11 is 3.56. The van der Waals surface area contributed by atoms with Crippen LogP contribution in [0.4, 0.5) is 0 Å². The number of fused-ring (bicyclic) bond motifs is 1. The third-order valence-corrected chi connectivity index (χ3v) is 6.32. The predicted octanol–water partition coefficient (Wildman–Crippen LogP) is 5.60. The largest absolute Gasteiger partial charge is 0.479 e. The van der Waals surface area contributed by atoms with Crippen LogP contribution in [0.2, 0.25) is 0 Å². The number of carbonyl (C=O) groups is 1. The Labute approximate surface area is 206 Å². The minimum atomic E-state index is -0.812. The molecule has 0 fully saturated rings. The molecule has 4 rings (SSSR count). The first-order chi connectivity index (χ1) is 16.4. The van der Waals surface area contributed by atoms with Crippen LogP contribution < -0.4 is 19.9 Å². The van der Waals surface area contributed by atoms with Crippen LogP contribution in [-0.4, -0.2) is 12.1 Å². The summed E-state index contributed by atoms with van der Waals surface area (Å²) in [4.78, 5) is 12.6. The highest BCUT2D eigenvalue weighted by Gasteiger charge is 2.32. The zero-order valence-electron chi connectivity index (χ0n) is 18.7. The predicted molar refractivity (Wildman–Crippen MR) is 131 cm³/mol. The molecule has 172 valence electrons. The summed E-state index contributed by atoms with van der Waals surface area (Å²) in [7, 11) is 0. The van der Waals surface area contributed by atoms with Gasteiger partial charge in [-0.3, -0.25) is 0 Å². The van der Waals surface area contributed by atoms with Crippen molar-refractivity contribution in [3.8, 4) is 23.3 Å². The molecule has 0 saturated carbocycles. The van der Waals surface area contributed by atoms with Gasteiger partial charge in [0.1, 0.15) is 28.9 Å². The van der Waals surface area contributed by atoms with Crippen LogP contribution in [0.15, 0.2) is 82.7 Å². The van der Waals surface area contributed by atoms with Gasteiger partial charge in [0.15, 0.2) is 6.10 Å². The van der Waals surface area contributed by atoms with Crippen molar-refractivity contribution in [1.29, 1.82) is 5.26 Å². The third-order valence-electron chi connectivity index (χ3n) is 5.60. The van der Waals surface area contributed by atoms with Crippen molar-refractivity contribution in [2.45, 2.75) is 32.3 Å². The smallest absolute Gasteiger partial charge is 0.352 e. The summed E-state index contributed by atoms with van der Waals surface area (Å²) < 4.78 is 17.8. The van der Waals surface area contributed by atoms with Gasteiger partial charge in [0.25, 0.3) is 0 Å². The second kappa shape index (κ2) is 10.0. The Kier molecular flexibility index (Phi) is 6.90. The van der Waals surface area contributed by atoms with Crippen molar-refractivity contribution in [1.82, 2.24) is 0 Å². The summed E-state index contributed by atoms with van der Waals surface area (Å²) in [5.74, 6) is 0.368. The van der Waals surface area contributed by atoms with Gasteiger partial charge in [-0.1, -0.05) is 59.3 Å². The molecular weight excluding hydrogens is 496 g/mol. The molecule has 2 unspecified atom stereocenters. The fourth-order valence-corrected chi connectivity index (χ4v) is 4.30. The van der Waals surface area contributed by atoms with E-state index < -0.39 is 18.0 Å². The molecule has 0 aliphatic carbocycles. The third kappa shape index (κ3) is 4.78. The first kappa shape index (κ1) is 23.4. The Bertz CT molecular complexity index is 1290. The second-order valence-corrected chi connectivity index (χ2v) is 8.68. The average Bonchev–Trinajstić information content (AvgIpc) is 2.84. The number of allylic oxidation sites excluding steroid dienone is 1. The van der Waals surface area contributed by atoms with Gasteiger partial charge >= 0.3 is 5.97 Å². The molecule has 2 atom stereocenters. The highest BCUT2D eigenvalue weighted by atomic mass is 79.9. The standard InChI is InChI=1S/C27H23BrN2O4/c1-3-17-8-10-18(11-9-17)32-16(2)27(31)33-19-12-13-21-24(14-19)34-26(30)22(15-29)25(21)20-6-4-5-7-23(20)28/h4-14,16,25H,3,30H2,1-2H3. The van der Waals surface area contributed by atoms with Crippen LogP contribution in [-0.2, 0) is 11.2 Å². The number of benzene rings is 3. The molecule has 6 nitrogen and oxygen atoms in total. The van der Waals surface area contributed by atoms with E-state index in [-0.39, 0.29) is 5.88 Å². The Hall–Kier alpha value is -3.76. The fraction of sp³-hybridized carbons (Fsp3) is 0.185. The fourth-order valence-electron chi connectivity index (χ4n) is 3.78. The van der Waals surface area contributed by atoms with E-state index in [0.29, 0.717) is 22.8 Å². The zero-order valence-corrected chi connectivity index (χ0v) is 20.3. The molecule has 3 aromatic carbocycles. The summed E-state index contributed by atoms with van der Waals surface area (Å²) in [6.45, 7) is 3.71. The normalized spacial score (nSPS) is 15.5. The van der Waals surface area contributed by atoms with E-state index >= 15 is 0 Å². The molecule has 3 aromatic rings. The number of rotatable bonds is 6. The molecule has 0 bridgehead atoms. The first-order valence-corrected chi connectivity index (χ1v) is 11.6. The number of nitrogens with zero attached hydrogens (tertiary/aromatic N) is 1. The number of hydrogen-bond donors (Lipinski definition) is 1. The molecule has 1 aliphatic heterocycles. The quantitative estimate of drug-likeness (QED) is 0.337. The maximum absolute atomic E-state index is 12.6. The highest BCUT2D eigenvalue weighted by Crippen LogP contribution is 2.45. The summed E-state index contributed by atoms with van der Waals surface area (Å²) in [6, 6.07) is 22.4. The van der Waals surface area contributed by atoms with Gasteiger partial charge in [-0.15, -0.1) is 0 Å². The van der Waals surface area contributed by atoms with Crippen LogP contribution in [0, 0.1) is 11.3 Å². The van der Waals surface area contributed by atoms with Gasteiger partial charge in [-0.2, -0.15) is 5.26 Å². The van der Waals surface area contributed by atoms with E-state index in [2.05, 4.69) is 28.9 Å². The van der Waals surface area contributed by atoms with E-state index in [4.69, 9.17) is 19.9 Å². The maximum Gasteiger partial charge on any atom is 0.352 e. The second-order valence-electron chi connectivity index (χ2n) is 7.82. The number of hydrogen-bond acceptors (Lipinski definition) is 6. The number of ether oxygens (including phenoxy) is 3. The Morgan fingerprint density at radius 2 is 1.82 bits per heavy atom.